The number of aliphatic hydroxyl groups excluding tert-OH is 2. The average molecular weight is 414 g/mol. The fraction of sp³-hybridized carbons (Fsp3) is 0.316. The molecular formula is C19H17F3O5S. The van der Waals surface area contributed by atoms with Crippen LogP contribution in [-0.4, -0.2) is 46.4 Å². The molecule has 1 fully saturated rings. The van der Waals surface area contributed by atoms with Gasteiger partial charge < -0.3 is 19.7 Å². The molecule has 1 saturated heterocycles. The van der Waals surface area contributed by atoms with E-state index in [1.54, 1.807) is 0 Å². The summed E-state index contributed by atoms with van der Waals surface area (Å²) in [6, 6.07) is 9.82. The zero-order chi connectivity index (χ0) is 20.5. The van der Waals surface area contributed by atoms with Crippen LogP contribution < -0.4 is 4.74 Å². The molecule has 0 spiro atoms. The molecule has 1 heterocycles. The van der Waals surface area contributed by atoms with Gasteiger partial charge in [-0.15, -0.1) is 12.6 Å². The van der Waals surface area contributed by atoms with Crippen molar-refractivity contribution in [1.82, 2.24) is 0 Å². The highest BCUT2D eigenvalue weighted by atomic mass is 32.1. The van der Waals surface area contributed by atoms with Gasteiger partial charge in [0.25, 0.3) is 0 Å². The molecule has 0 bridgehead atoms. The molecule has 150 valence electrons. The quantitative estimate of drug-likeness (QED) is 0.530. The van der Waals surface area contributed by atoms with Gasteiger partial charge >= 0.3 is 6.18 Å². The first-order valence-electron chi connectivity index (χ1n) is 8.31. The molecule has 2 aromatic rings. The number of alkyl halides is 3. The maximum atomic E-state index is 12.6. The third kappa shape index (κ3) is 4.49. The van der Waals surface area contributed by atoms with Crippen LogP contribution in [-0.2, 0) is 10.9 Å². The highest BCUT2D eigenvalue weighted by molar-refractivity contribution is 7.80. The van der Waals surface area contributed by atoms with E-state index in [4.69, 9.17) is 9.47 Å². The third-order valence-electron chi connectivity index (χ3n) is 4.31. The van der Waals surface area contributed by atoms with Gasteiger partial charge in [0.05, 0.1) is 12.2 Å². The van der Waals surface area contributed by atoms with Gasteiger partial charge in [0, 0.05) is 11.1 Å². The molecule has 4 atom stereocenters. The Morgan fingerprint density at radius 3 is 2.11 bits per heavy atom. The first-order chi connectivity index (χ1) is 13.2. The number of halogens is 3. The average Bonchev–Trinajstić information content (AvgIpc) is 2.67. The second kappa shape index (κ2) is 8.12. The van der Waals surface area contributed by atoms with Crippen LogP contribution in [0.15, 0.2) is 48.5 Å². The standard InChI is InChI=1S/C19H17F3O5S/c20-19(21,22)12-5-1-10(2-6-12)15(24)11-3-7-13(8-4-11)27-17-16(25)14(23)9-26-18(17)28/h1-8,14,16-18,23,25,28H,9H2/t14-,16+,17-,18-/m1/s1. The Hall–Kier alpha value is -2.07. The lowest BCUT2D eigenvalue weighted by atomic mass is 10.0. The summed E-state index contributed by atoms with van der Waals surface area (Å²) >= 11 is 4.16. The summed E-state index contributed by atoms with van der Waals surface area (Å²) in [5, 5.41) is 19.7. The fourth-order valence-corrected chi connectivity index (χ4v) is 3.05. The third-order valence-corrected chi connectivity index (χ3v) is 4.76. The van der Waals surface area contributed by atoms with E-state index in [0.29, 0.717) is 5.75 Å². The predicted octanol–water partition coefficient (Wildman–Crippen LogP) is 2.69. The molecule has 1 aliphatic heterocycles. The normalized spacial score (nSPS) is 25.4. The second-order valence-corrected chi connectivity index (χ2v) is 6.80. The van der Waals surface area contributed by atoms with Crippen LogP contribution in [0.1, 0.15) is 21.5 Å². The van der Waals surface area contributed by atoms with Crippen LogP contribution in [0.5, 0.6) is 5.75 Å². The van der Waals surface area contributed by atoms with Crippen LogP contribution in [0.25, 0.3) is 0 Å². The van der Waals surface area contributed by atoms with Gasteiger partial charge in [-0.1, -0.05) is 12.1 Å². The largest absolute Gasteiger partial charge is 0.484 e. The summed E-state index contributed by atoms with van der Waals surface area (Å²) in [5.74, 6) is -0.131. The van der Waals surface area contributed by atoms with Gasteiger partial charge in [-0.2, -0.15) is 13.2 Å². The molecule has 5 nitrogen and oxygen atoms in total. The molecule has 0 aliphatic carbocycles. The lowest BCUT2D eigenvalue weighted by Gasteiger charge is -2.36. The molecule has 2 aromatic carbocycles. The van der Waals surface area contributed by atoms with E-state index in [1.807, 2.05) is 0 Å². The van der Waals surface area contributed by atoms with Crippen molar-refractivity contribution in [1.29, 1.82) is 0 Å². The van der Waals surface area contributed by atoms with Crippen molar-refractivity contribution in [3.05, 3.63) is 65.2 Å². The number of aliphatic hydroxyl groups is 2. The Kier molecular flexibility index (Phi) is 5.99. The topological polar surface area (TPSA) is 76.0 Å². The van der Waals surface area contributed by atoms with Crippen LogP contribution in [0.2, 0.25) is 0 Å². The van der Waals surface area contributed by atoms with E-state index in [-0.39, 0.29) is 17.7 Å². The van der Waals surface area contributed by atoms with E-state index in [2.05, 4.69) is 12.6 Å². The fourth-order valence-electron chi connectivity index (χ4n) is 2.73. The zero-order valence-electron chi connectivity index (χ0n) is 14.3. The van der Waals surface area contributed by atoms with Crippen molar-refractivity contribution in [2.45, 2.75) is 29.9 Å². The number of carbonyl (C=O) groups is 1. The minimum Gasteiger partial charge on any atom is -0.484 e. The number of thiol groups is 1. The lowest BCUT2D eigenvalue weighted by Crippen LogP contribution is -2.53. The summed E-state index contributed by atoms with van der Waals surface area (Å²) in [6.45, 7) is -0.0598. The highest BCUT2D eigenvalue weighted by Gasteiger charge is 2.38. The Morgan fingerprint density at radius 2 is 1.57 bits per heavy atom. The first-order valence-corrected chi connectivity index (χ1v) is 8.83. The van der Waals surface area contributed by atoms with Gasteiger partial charge in [0.2, 0.25) is 0 Å². The summed E-state index contributed by atoms with van der Waals surface area (Å²) in [5.41, 5.74) is -1.19. The molecule has 9 heteroatoms. The lowest BCUT2D eigenvalue weighted by molar-refractivity contribution is -0.152. The van der Waals surface area contributed by atoms with Crippen molar-refractivity contribution < 1.29 is 37.7 Å². The summed E-state index contributed by atoms with van der Waals surface area (Å²) in [6.07, 6.45) is -7.67. The van der Waals surface area contributed by atoms with Gasteiger partial charge in [-0.05, 0) is 36.4 Å². The van der Waals surface area contributed by atoms with Crippen LogP contribution in [0, 0.1) is 0 Å². The van der Waals surface area contributed by atoms with Crippen molar-refractivity contribution in [3.63, 3.8) is 0 Å². The van der Waals surface area contributed by atoms with E-state index in [1.165, 1.54) is 24.3 Å². The van der Waals surface area contributed by atoms with Crippen molar-refractivity contribution in [2.24, 2.45) is 0 Å². The number of ketones is 1. The molecule has 0 amide bonds. The molecule has 0 aromatic heterocycles. The molecule has 0 unspecified atom stereocenters. The number of rotatable bonds is 4. The Balaban J connectivity index is 1.71. The van der Waals surface area contributed by atoms with E-state index < -0.39 is 41.3 Å². The zero-order valence-corrected chi connectivity index (χ0v) is 15.2. The smallest absolute Gasteiger partial charge is 0.416 e. The number of hydrogen-bond acceptors (Lipinski definition) is 6. The van der Waals surface area contributed by atoms with Crippen LogP contribution in [0.3, 0.4) is 0 Å². The Labute approximate surface area is 164 Å². The number of hydrogen-bond donors (Lipinski definition) is 3. The van der Waals surface area contributed by atoms with Crippen LogP contribution >= 0.6 is 12.6 Å². The van der Waals surface area contributed by atoms with Crippen molar-refractivity contribution >= 4 is 18.4 Å². The first kappa shape index (κ1) is 20.7. The predicted molar refractivity (Wildman–Crippen MR) is 96.5 cm³/mol. The molecule has 0 radical (unpaired) electrons. The minimum atomic E-state index is -4.47. The van der Waals surface area contributed by atoms with Gasteiger partial charge in [-0.25, -0.2) is 0 Å². The van der Waals surface area contributed by atoms with Crippen LogP contribution in [0.4, 0.5) is 13.2 Å². The molecular weight excluding hydrogens is 397 g/mol. The van der Waals surface area contributed by atoms with E-state index in [9.17, 15) is 28.2 Å². The SMILES string of the molecule is O=C(c1ccc(O[C@@H]2[C@@H](O)[C@H](O)CO[C@@H]2S)cc1)c1ccc(C(F)(F)F)cc1. The molecule has 0 saturated carbocycles. The number of ether oxygens (including phenoxy) is 2. The number of benzene rings is 2. The number of carbonyl (C=O) groups excluding carboxylic acids is 1. The molecule has 2 N–H and O–H groups in total. The van der Waals surface area contributed by atoms with E-state index in [0.717, 1.165) is 24.3 Å². The summed E-state index contributed by atoms with van der Waals surface area (Å²) in [7, 11) is 0. The van der Waals surface area contributed by atoms with Gasteiger partial charge in [-0.3, -0.25) is 4.79 Å². The maximum absolute atomic E-state index is 12.6. The Morgan fingerprint density at radius 1 is 1.04 bits per heavy atom. The summed E-state index contributed by atoms with van der Waals surface area (Å²) < 4.78 is 48.6. The van der Waals surface area contributed by atoms with Crippen molar-refractivity contribution in [2.75, 3.05) is 6.61 Å². The van der Waals surface area contributed by atoms with Gasteiger partial charge in [0.1, 0.15) is 23.4 Å². The Bertz CT molecular complexity index is 823. The summed E-state index contributed by atoms with van der Waals surface area (Å²) in [4.78, 5) is 12.4. The maximum Gasteiger partial charge on any atom is 0.416 e. The van der Waals surface area contributed by atoms with Crippen molar-refractivity contribution in [3.8, 4) is 5.75 Å². The molecule has 1 aliphatic rings. The minimum absolute atomic E-state index is 0.0598. The van der Waals surface area contributed by atoms with Gasteiger partial charge in [0.15, 0.2) is 11.9 Å². The van der Waals surface area contributed by atoms with E-state index >= 15 is 0 Å². The monoisotopic (exact) mass is 414 g/mol. The highest BCUT2D eigenvalue weighted by Crippen LogP contribution is 2.29. The second-order valence-electron chi connectivity index (χ2n) is 6.29. The molecule has 3 rings (SSSR count). The molecule has 28 heavy (non-hydrogen) atoms.